The van der Waals surface area contributed by atoms with Gasteiger partial charge < -0.3 is 9.47 Å². The molecule has 0 N–H and O–H groups in total. The van der Waals surface area contributed by atoms with E-state index in [2.05, 4.69) is 18.6 Å². The van der Waals surface area contributed by atoms with Crippen LogP contribution in [0.4, 0.5) is 4.39 Å². The van der Waals surface area contributed by atoms with Gasteiger partial charge in [0.2, 0.25) is 0 Å². The number of hydrogen-bond donors (Lipinski definition) is 0. The van der Waals surface area contributed by atoms with Gasteiger partial charge in [-0.3, -0.25) is 4.79 Å². The van der Waals surface area contributed by atoms with Crippen molar-refractivity contribution < 1.29 is 18.7 Å². The summed E-state index contributed by atoms with van der Waals surface area (Å²) in [5.41, 5.74) is 1.66. The molecule has 5 heteroatoms. The Kier molecular flexibility index (Phi) is 8.87. The first-order valence-electron chi connectivity index (χ1n) is 7.59. The minimum absolute atomic E-state index is 0.134. The van der Waals surface area contributed by atoms with E-state index >= 15 is 0 Å². The topological polar surface area (TPSA) is 35.5 Å². The smallest absolute Gasteiger partial charge is 0.292 e. The molecule has 3 nitrogen and oxygen atoms in total. The number of carbonyl (C=O) groups is 1. The highest BCUT2D eigenvalue weighted by atomic mass is 35.5. The Hall–Kier alpha value is -2.07. The van der Waals surface area contributed by atoms with Crippen molar-refractivity contribution in [3.05, 3.63) is 64.4 Å². The van der Waals surface area contributed by atoms with Crippen LogP contribution in [0, 0.1) is 11.7 Å². The van der Waals surface area contributed by atoms with E-state index in [1.807, 2.05) is 24.3 Å². The first kappa shape index (κ1) is 20.0. The Bertz CT molecular complexity index is 607. The van der Waals surface area contributed by atoms with E-state index in [-0.39, 0.29) is 12.4 Å². The third-order valence-electron chi connectivity index (χ3n) is 3.11. The van der Waals surface area contributed by atoms with E-state index < -0.39 is 0 Å². The molecule has 0 saturated carbocycles. The molecule has 0 unspecified atom stereocenters. The molecule has 0 heterocycles. The monoisotopic (exact) mass is 352 g/mol. The lowest BCUT2D eigenvalue weighted by Crippen LogP contribution is -2.00. The van der Waals surface area contributed by atoms with Crippen molar-refractivity contribution >= 4 is 18.1 Å². The second-order valence-corrected chi connectivity index (χ2v) is 5.97. The summed E-state index contributed by atoms with van der Waals surface area (Å²) in [7, 11) is 1.31. The zero-order chi connectivity index (χ0) is 17.9. The Morgan fingerprint density at radius 3 is 2.29 bits per heavy atom. The fraction of sp³-hybridized carbons (Fsp3) is 0.316. The predicted octanol–water partition coefficient (Wildman–Crippen LogP) is 5.05. The molecule has 2 aromatic rings. The molecular formula is C19H22ClFO3. The second kappa shape index (κ2) is 10.7. The average Bonchev–Trinajstić information content (AvgIpc) is 2.55. The summed E-state index contributed by atoms with van der Waals surface area (Å²) in [4.78, 5) is 8.95. The van der Waals surface area contributed by atoms with Crippen LogP contribution in [0.25, 0.3) is 0 Å². The molecule has 0 saturated heterocycles. The Balaban J connectivity index is 0.000000648. The standard InChI is InChI=1S/C17H18ClFO.C2H4O2/c1-12(2)10-13-6-8-14(9-7-13)20-11-15-16(18)4-3-5-17(15)19;1-4-2-3/h3-9,12H,10-11H2,1-2H3;2H,1H3. The van der Waals surface area contributed by atoms with Crippen LogP contribution in [0.15, 0.2) is 42.5 Å². The van der Waals surface area contributed by atoms with Crippen LogP contribution in [0.5, 0.6) is 5.75 Å². The molecule has 0 aliphatic heterocycles. The first-order valence-corrected chi connectivity index (χ1v) is 7.96. The van der Waals surface area contributed by atoms with Gasteiger partial charge in [0, 0.05) is 5.56 Å². The molecule has 0 atom stereocenters. The second-order valence-electron chi connectivity index (χ2n) is 5.56. The molecule has 0 fully saturated rings. The van der Waals surface area contributed by atoms with Crippen molar-refractivity contribution in [1.82, 2.24) is 0 Å². The normalized spacial score (nSPS) is 9.92. The molecule has 0 spiro atoms. The van der Waals surface area contributed by atoms with Gasteiger partial charge in [-0.1, -0.05) is 43.6 Å². The van der Waals surface area contributed by atoms with E-state index in [0.29, 0.717) is 23.0 Å². The van der Waals surface area contributed by atoms with E-state index in [0.717, 1.165) is 12.2 Å². The number of rotatable bonds is 6. The van der Waals surface area contributed by atoms with Crippen LogP contribution in [-0.4, -0.2) is 13.6 Å². The third-order valence-corrected chi connectivity index (χ3v) is 3.46. The zero-order valence-electron chi connectivity index (χ0n) is 14.1. The molecule has 0 aliphatic carbocycles. The third kappa shape index (κ3) is 7.01. The van der Waals surface area contributed by atoms with Gasteiger partial charge in [0.1, 0.15) is 18.2 Å². The Morgan fingerprint density at radius 1 is 1.17 bits per heavy atom. The van der Waals surface area contributed by atoms with Crippen molar-refractivity contribution in [1.29, 1.82) is 0 Å². The minimum Gasteiger partial charge on any atom is -0.489 e. The molecule has 0 radical (unpaired) electrons. The summed E-state index contributed by atoms with van der Waals surface area (Å²) in [5, 5.41) is 0.390. The van der Waals surface area contributed by atoms with Crippen molar-refractivity contribution in [2.45, 2.75) is 26.9 Å². The van der Waals surface area contributed by atoms with E-state index in [1.165, 1.54) is 18.7 Å². The summed E-state index contributed by atoms with van der Waals surface area (Å²) in [6, 6.07) is 12.5. The number of benzene rings is 2. The van der Waals surface area contributed by atoms with Gasteiger partial charge in [0.05, 0.1) is 12.1 Å². The number of ether oxygens (including phenoxy) is 2. The Morgan fingerprint density at radius 2 is 1.79 bits per heavy atom. The Labute approximate surface area is 147 Å². The summed E-state index contributed by atoms with van der Waals surface area (Å²) in [6.45, 7) is 4.88. The SMILES string of the molecule is CC(C)Cc1ccc(OCc2c(F)cccc2Cl)cc1.COC=O. The number of halogens is 2. The number of methoxy groups -OCH3 is 1. The van der Waals surface area contributed by atoms with Crippen LogP contribution in [0.3, 0.4) is 0 Å². The van der Waals surface area contributed by atoms with Gasteiger partial charge in [0.25, 0.3) is 6.47 Å². The maximum atomic E-state index is 13.6. The molecule has 0 bridgehead atoms. The summed E-state index contributed by atoms with van der Waals surface area (Å²) >= 11 is 5.96. The van der Waals surface area contributed by atoms with Crippen LogP contribution in [-0.2, 0) is 22.6 Å². The number of carbonyl (C=O) groups excluding carboxylic acids is 1. The lowest BCUT2D eigenvalue weighted by atomic mass is 10.0. The molecule has 24 heavy (non-hydrogen) atoms. The van der Waals surface area contributed by atoms with Gasteiger partial charge in [0.15, 0.2) is 0 Å². The first-order chi connectivity index (χ1) is 11.5. The van der Waals surface area contributed by atoms with Crippen LogP contribution >= 0.6 is 11.6 Å². The number of hydrogen-bond acceptors (Lipinski definition) is 3. The molecule has 2 aromatic carbocycles. The van der Waals surface area contributed by atoms with Crippen molar-refractivity contribution in [3.8, 4) is 5.75 Å². The fourth-order valence-electron chi connectivity index (χ4n) is 2.02. The van der Waals surface area contributed by atoms with Gasteiger partial charge >= 0.3 is 0 Å². The summed E-state index contributed by atoms with van der Waals surface area (Å²) < 4.78 is 23.0. The van der Waals surface area contributed by atoms with Gasteiger partial charge in [-0.05, 0) is 42.2 Å². The molecule has 0 amide bonds. The molecule has 0 aromatic heterocycles. The van der Waals surface area contributed by atoms with Gasteiger partial charge in [-0.25, -0.2) is 4.39 Å². The summed E-state index contributed by atoms with van der Waals surface area (Å²) in [6.07, 6.45) is 1.04. The van der Waals surface area contributed by atoms with Crippen LogP contribution < -0.4 is 4.74 Å². The van der Waals surface area contributed by atoms with Crippen LogP contribution in [0.2, 0.25) is 5.02 Å². The average molecular weight is 353 g/mol. The van der Waals surface area contributed by atoms with E-state index in [9.17, 15) is 4.39 Å². The highest BCUT2D eigenvalue weighted by Gasteiger charge is 2.07. The molecule has 0 aliphatic rings. The molecule has 130 valence electrons. The van der Waals surface area contributed by atoms with E-state index in [4.69, 9.17) is 21.1 Å². The highest BCUT2D eigenvalue weighted by molar-refractivity contribution is 6.31. The lowest BCUT2D eigenvalue weighted by Gasteiger charge is -2.10. The van der Waals surface area contributed by atoms with E-state index in [1.54, 1.807) is 12.1 Å². The lowest BCUT2D eigenvalue weighted by molar-refractivity contribution is -0.126. The van der Waals surface area contributed by atoms with Crippen molar-refractivity contribution in [3.63, 3.8) is 0 Å². The van der Waals surface area contributed by atoms with Gasteiger partial charge in [-0.2, -0.15) is 0 Å². The highest BCUT2D eigenvalue weighted by Crippen LogP contribution is 2.22. The predicted molar refractivity (Wildman–Crippen MR) is 93.8 cm³/mol. The largest absolute Gasteiger partial charge is 0.489 e. The van der Waals surface area contributed by atoms with Gasteiger partial charge in [-0.15, -0.1) is 0 Å². The summed E-state index contributed by atoms with van der Waals surface area (Å²) in [5.74, 6) is 1.00. The molecule has 2 rings (SSSR count). The maximum Gasteiger partial charge on any atom is 0.292 e. The molecular weight excluding hydrogens is 331 g/mol. The van der Waals surface area contributed by atoms with Crippen molar-refractivity contribution in [2.75, 3.05) is 7.11 Å². The zero-order valence-corrected chi connectivity index (χ0v) is 14.8. The minimum atomic E-state index is -0.339. The van der Waals surface area contributed by atoms with Crippen molar-refractivity contribution in [2.24, 2.45) is 5.92 Å². The van der Waals surface area contributed by atoms with Crippen LogP contribution in [0.1, 0.15) is 25.0 Å². The maximum absolute atomic E-state index is 13.6. The quantitative estimate of drug-likeness (QED) is 0.683. The fourth-order valence-corrected chi connectivity index (χ4v) is 2.24.